The molecule has 0 aliphatic heterocycles. The van der Waals surface area contributed by atoms with Crippen LogP contribution in [0.15, 0.2) is 30.3 Å². The zero-order valence-electron chi connectivity index (χ0n) is 21.8. The topological polar surface area (TPSA) is 139 Å². The number of rotatable bonds is 20. The Morgan fingerprint density at radius 3 is 1.81 bits per heavy atom. The van der Waals surface area contributed by atoms with E-state index in [1.165, 1.54) is 77.6 Å². The highest BCUT2D eigenvalue weighted by Crippen LogP contribution is 2.12. The molecule has 0 spiro atoms. The van der Waals surface area contributed by atoms with Gasteiger partial charge in [0.2, 0.25) is 0 Å². The summed E-state index contributed by atoms with van der Waals surface area (Å²) < 4.78 is 34.0. The lowest BCUT2D eigenvalue weighted by molar-refractivity contribution is -0.147. The van der Waals surface area contributed by atoms with Crippen LogP contribution < -0.4 is 5.48 Å². The highest BCUT2D eigenvalue weighted by Gasteiger charge is 2.34. The standard InChI is InChI=1S/C20H35NO.C6H10O7S/c1-2-3-4-5-6-7-8-9-10-11-12-16-19-22-21-20-17-14-13-15-18-20;1-2-13-6(9)4(3-5(7)8)14(10,11)12/h13-15,17-18,21H,2-12,16,19H2,1H3;4H,2-3H2,1H3,(H,7,8)(H,10,11,12). The number of unbranched alkanes of at least 4 members (excludes halogenated alkanes) is 11. The Morgan fingerprint density at radius 1 is 0.861 bits per heavy atom. The number of carboxylic acid groups (broad SMARTS) is 1. The number of carboxylic acids is 1. The van der Waals surface area contributed by atoms with E-state index in [-0.39, 0.29) is 6.61 Å². The minimum atomic E-state index is -4.74. The SMILES string of the molecule is CCCCCCCCCCCCCCONc1ccccc1.CCOC(=O)C(CC(=O)O)S(=O)(=O)O. The maximum absolute atomic E-state index is 10.9. The Kier molecular flexibility index (Phi) is 20.7. The van der Waals surface area contributed by atoms with Crippen molar-refractivity contribution in [2.45, 2.75) is 103 Å². The second kappa shape index (κ2) is 22.1. The first-order chi connectivity index (χ1) is 17.2. The fourth-order valence-electron chi connectivity index (χ4n) is 3.36. The first-order valence-corrected chi connectivity index (χ1v) is 14.5. The number of carbonyl (C=O) groups is 2. The molecular formula is C26H45NO8S. The Morgan fingerprint density at radius 2 is 1.36 bits per heavy atom. The molecule has 1 unspecified atom stereocenters. The summed E-state index contributed by atoms with van der Waals surface area (Å²) in [4.78, 5) is 26.5. The van der Waals surface area contributed by atoms with Crippen molar-refractivity contribution < 1.29 is 37.2 Å². The van der Waals surface area contributed by atoms with Gasteiger partial charge in [-0.25, -0.2) is 0 Å². The molecule has 0 amide bonds. The van der Waals surface area contributed by atoms with Gasteiger partial charge in [-0.15, -0.1) is 0 Å². The van der Waals surface area contributed by atoms with Crippen LogP contribution in [0.4, 0.5) is 5.69 Å². The fraction of sp³-hybridized carbons (Fsp3) is 0.692. The van der Waals surface area contributed by atoms with Crippen molar-refractivity contribution in [3.8, 4) is 0 Å². The largest absolute Gasteiger partial charge is 0.481 e. The van der Waals surface area contributed by atoms with E-state index >= 15 is 0 Å². The minimum absolute atomic E-state index is 0.0928. The van der Waals surface area contributed by atoms with Gasteiger partial charge in [0, 0.05) is 0 Å². The first-order valence-electron chi connectivity index (χ1n) is 13.0. The van der Waals surface area contributed by atoms with Crippen LogP contribution in [0, 0.1) is 0 Å². The molecule has 0 fully saturated rings. The molecule has 1 atom stereocenters. The minimum Gasteiger partial charge on any atom is -0.481 e. The van der Waals surface area contributed by atoms with Crippen molar-refractivity contribution in [3.63, 3.8) is 0 Å². The maximum Gasteiger partial charge on any atom is 0.327 e. The van der Waals surface area contributed by atoms with E-state index in [2.05, 4.69) is 17.1 Å². The third kappa shape index (κ3) is 20.1. The number of para-hydroxylation sites is 1. The van der Waals surface area contributed by atoms with Crippen molar-refractivity contribution >= 4 is 27.7 Å². The Labute approximate surface area is 216 Å². The Bertz CT molecular complexity index is 786. The van der Waals surface area contributed by atoms with Gasteiger partial charge in [-0.05, 0) is 25.5 Å². The average molecular weight is 532 g/mol. The number of hydrogen-bond acceptors (Lipinski definition) is 7. The lowest BCUT2D eigenvalue weighted by Crippen LogP contribution is -2.33. The van der Waals surface area contributed by atoms with Gasteiger partial charge in [0.25, 0.3) is 10.1 Å². The number of aliphatic carboxylic acids is 1. The summed E-state index contributed by atoms with van der Waals surface area (Å²) in [7, 11) is -4.74. The van der Waals surface area contributed by atoms with Crippen LogP contribution in [0.2, 0.25) is 0 Å². The molecule has 0 saturated heterocycles. The van der Waals surface area contributed by atoms with Crippen LogP contribution in [-0.4, -0.2) is 48.5 Å². The summed E-state index contributed by atoms with van der Waals surface area (Å²) in [6.07, 6.45) is 15.5. The first kappa shape index (κ1) is 33.8. The molecule has 1 aromatic rings. The van der Waals surface area contributed by atoms with Crippen molar-refractivity contribution in [2.75, 3.05) is 18.7 Å². The van der Waals surface area contributed by atoms with Crippen LogP contribution in [0.25, 0.3) is 0 Å². The molecule has 0 saturated carbocycles. The van der Waals surface area contributed by atoms with E-state index in [1.807, 2.05) is 30.3 Å². The summed E-state index contributed by atoms with van der Waals surface area (Å²) in [5.41, 5.74) is 4.01. The van der Waals surface area contributed by atoms with Crippen molar-refractivity contribution in [1.82, 2.24) is 0 Å². The zero-order valence-corrected chi connectivity index (χ0v) is 22.6. The van der Waals surface area contributed by atoms with Crippen LogP contribution in [0.1, 0.15) is 97.3 Å². The maximum atomic E-state index is 10.9. The molecule has 10 heteroatoms. The normalized spacial score (nSPS) is 11.8. The van der Waals surface area contributed by atoms with Crippen molar-refractivity contribution in [3.05, 3.63) is 30.3 Å². The number of carbonyl (C=O) groups excluding carboxylic acids is 1. The molecular weight excluding hydrogens is 486 g/mol. The molecule has 0 aliphatic rings. The predicted molar refractivity (Wildman–Crippen MR) is 141 cm³/mol. The number of nitrogens with one attached hydrogen (secondary N) is 1. The Balaban J connectivity index is 0.000000757. The average Bonchev–Trinajstić information content (AvgIpc) is 2.83. The molecule has 0 aromatic heterocycles. The van der Waals surface area contributed by atoms with E-state index in [4.69, 9.17) is 14.5 Å². The quantitative estimate of drug-likeness (QED) is 0.0798. The second-order valence-corrected chi connectivity index (χ2v) is 10.2. The third-order valence-electron chi connectivity index (χ3n) is 5.33. The van der Waals surface area contributed by atoms with Gasteiger partial charge in [-0.3, -0.25) is 24.5 Å². The van der Waals surface area contributed by atoms with Crippen molar-refractivity contribution in [1.29, 1.82) is 0 Å². The monoisotopic (exact) mass is 531 g/mol. The molecule has 1 rings (SSSR count). The fourth-order valence-corrected chi connectivity index (χ4v) is 4.02. The van der Waals surface area contributed by atoms with Crippen LogP contribution in [0.3, 0.4) is 0 Å². The number of anilines is 1. The van der Waals surface area contributed by atoms with Crippen LogP contribution in [-0.2, 0) is 29.3 Å². The van der Waals surface area contributed by atoms with Gasteiger partial charge in [-0.2, -0.15) is 8.42 Å². The van der Waals surface area contributed by atoms with Gasteiger partial charge in [0.1, 0.15) is 0 Å². The van der Waals surface area contributed by atoms with Crippen LogP contribution in [0.5, 0.6) is 0 Å². The predicted octanol–water partition coefficient (Wildman–Crippen LogP) is 6.01. The molecule has 208 valence electrons. The molecule has 0 radical (unpaired) electrons. The van der Waals surface area contributed by atoms with E-state index in [0.717, 1.165) is 18.7 Å². The molecule has 0 bridgehead atoms. The smallest absolute Gasteiger partial charge is 0.327 e. The zero-order chi connectivity index (χ0) is 27.1. The van der Waals surface area contributed by atoms with Crippen LogP contribution >= 0.6 is 0 Å². The van der Waals surface area contributed by atoms with Gasteiger partial charge >= 0.3 is 11.9 Å². The summed E-state index contributed by atoms with van der Waals surface area (Å²) in [5.74, 6) is -2.78. The highest BCUT2D eigenvalue weighted by molar-refractivity contribution is 7.87. The molecule has 1 aromatic carbocycles. The molecule has 3 N–H and O–H groups in total. The van der Waals surface area contributed by atoms with E-state index < -0.39 is 33.7 Å². The summed E-state index contributed by atoms with van der Waals surface area (Å²) in [5, 5.41) is 6.23. The van der Waals surface area contributed by atoms with Gasteiger partial charge < -0.3 is 9.84 Å². The molecule has 9 nitrogen and oxygen atoms in total. The number of esters is 1. The number of ether oxygens (including phenoxy) is 1. The number of hydrogen-bond donors (Lipinski definition) is 3. The second-order valence-electron chi connectivity index (χ2n) is 8.56. The summed E-state index contributed by atoms with van der Waals surface area (Å²) >= 11 is 0. The van der Waals surface area contributed by atoms with E-state index in [1.54, 1.807) is 0 Å². The van der Waals surface area contributed by atoms with E-state index in [0.29, 0.717) is 0 Å². The summed E-state index contributed by atoms with van der Waals surface area (Å²) in [6, 6.07) is 10.1. The highest BCUT2D eigenvalue weighted by atomic mass is 32.2. The third-order valence-corrected chi connectivity index (χ3v) is 6.41. The van der Waals surface area contributed by atoms with Gasteiger partial charge in [0.05, 0.1) is 25.3 Å². The lowest BCUT2D eigenvalue weighted by Gasteiger charge is -2.09. The Hall–Kier alpha value is -2.17. The summed E-state index contributed by atoms with van der Waals surface area (Å²) in [6.45, 7) is 4.42. The molecule has 0 heterocycles. The van der Waals surface area contributed by atoms with E-state index in [9.17, 15) is 18.0 Å². The van der Waals surface area contributed by atoms with Gasteiger partial charge in [0.15, 0.2) is 5.25 Å². The lowest BCUT2D eigenvalue weighted by atomic mass is 10.1. The molecule has 0 aliphatic carbocycles. The van der Waals surface area contributed by atoms with Gasteiger partial charge in [-0.1, -0.05) is 95.8 Å². The molecule has 36 heavy (non-hydrogen) atoms. The number of benzene rings is 1. The van der Waals surface area contributed by atoms with Crippen molar-refractivity contribution in [2.24, 2.45) is 0 Å².